The van der Waals surface area contributed by atoms with E-state index in [0.29, 0.717) is 52.0 Å². The maximum atomic E-state index is 14.6. The second kappa shape index (κ2) is 12.1. The Kier molecular flexibility index (Phi) is 8.18. The van der Waals surface area contributed by atoms with Crippen molar-refractivity contribution in [1.29, 1.82) is 5.26 Å². The Morgan fingerprint density at radius 3 is 2.36 bits per heavy atom. The van der Waals surface area contributed by atoms with Crippen LogP contribution in [0.3, 0.4) is 0 Å². The van der Waals surface area contributed by atoms with E-state index in [2.05, 4.69) is 31.4 Å². The molecule has 1 aliphatic heterocycles. The predicted molar refractivity (Wildman–Crippen MR) is 185 cm³/mol. The molecule has 0 saturated carbocycles. The lowest BCUT2D eigenvalue weighted by Gasteiger charge is -2.41. The number of hydrogen-bond acceptors (Lipinski definition) is 4. The van der Waals surface area contributed by atoms with Crippen LogP contribution >= 0.6 is 23.2 Å². The van der Waals surface area contributed by atoms with Gasteiger partial charge in [-0.05, 0) is 59.7 Å². The summed E-state index contributed by atoms with van der Waals surface area (Å²) < 4.78 is 1.66. The highest BCUT2D eigenvalue weighted by Crippen LogP contribution is 2.42. The molecule has 0 unspecified atom stereocenters. The molecule has 45 heavy (non-hydrogen) atoms. The van der Waals surface area contributed by atoms with Crippen molar-refractivity contribution in [3.8, 4) is 22.9 Å². The number of amides is 1. The first-order chi connectivity index (χ1) is 21.7. The van der Waals surface area contributed by atoms with Crippen molar-refractivity contribution in [1.82, 2.24) is 9.47 Å². The fourth-order valence-electron chi connectivity index (χ4n) is 6.53. The zero-order valence-corrected chi connectivity index (χ0v) is 26.9. The van der Waals surface area contributed by atoms with Crippen LogP contribution in [-0.2, 0) is 4.79 Å². The number of halogens is 2. The topological polar surface area (TPSA) is 69.3 Å². The van der Waals surface area contributed by atoms with Gasteiger partial charge in [0.25, 0.3) is 5.56 Å². The van der Waals surface area contributed by atoms with Crippen molar-refractivity contribution in [2.45, 2.75) is 32.7 Å². The van der Waals surface area contributed by atoms with Gasteiger partial charge in [-0.1, -0.05) is 92.2 Å². The lowest BCUT2D eigenvalue weighted by molar-refractivity contribution is -0.126. The summed E-state index contributed by atoms with van der Waals surface area (Å²) in [5.74, 6) is -0.0220. The highest BCUT2D eigenvalue weighted by Gasteiger charge is 2.31. The quantitative estimate of drug-likeness (QED) is 0.182. The number of rotatable bonds is 5. The van der Waals surface area contributed by atoms with Gasteiger partial charge in [0.05, 0.1) is 16.9 Å². The fraction of sp³-hybridized carbons (Fsp3) is 0.216. The smallest absolute Gasteiger partial charge is 0.275 e. The van der Waals surface area contributed by atoms with Gasteiger partial charge in [0, 0.05) is 52.1 Å². The van der Waals surface area contributed by atoms with E-state index in [-0.39, 0.29) is 23.4 Å². The number of benzene rings is 4. The van der Waals surface area contributed by atoms with Crippen molar-refractivity contribution in [2.75, 3.05) is 24.5 Å². The minimum atomic E-state index is -0.404. The number of nitriles is 1. The Bertz CT molecular complexity index is 2110. The minimum absolute atomic E-state index is 0.0390. The molecule has 6 nitrogen and oxygen atoms in total. The van der Waals surface area contributed by atoms with Crippen LogP contribution < -0.4 is 10.5 Å². The predicted octanol–water partition coefficient (Wildman–Crippen LogP) is 8.34. The molecule has 0 aliphatic carbocycles. The first-order valence-corrected chi connectivity index (χ1v) is 15.7. The lowest BCUT2D eigenvalue weighted by Crippen LogP contribution is -2.54. The third-order valence-corrected chi connectivity index (χ3v) is 9.35. The molecule has 0 bridgehead atoms. The summed E-state index contributed by atoms with van der Waals surface area (Å²) >= 11 is 13.7. The maximum absolute atomic E-state index is 14.6. The molecule has 1 amide bonds. The van der Waals surface area contributed by atoms with Gasteiger partial charge in [-0.15, -0.1) is 0 Å². The number of pyridine rings is 1. The van der Waals surface area contributed by atoms with Gasteiger partial charge in [-0.3, -0.25) is 14.2 Å². The molecule has 0 N–H and O–H groups in total. The number of hydrogen-bond donors (Lipinski definition) is 0. The van der Waals surface area contributed by atoms with E-state index >= 15 is 0 Å². The average molecular weight is 636 g/mol. The summed E-state index contributed by atoms with van der Waals surface area (Å²) in [6.45, 7) is 11.1. The normalized spacial score (nSPS) is 15.1. The molecule has 2 heterocycles. The number of anilines is 1. The molecule has 1 saturated heterocycles. The molecule has 8 heteroatoms. The van der Waals surface area contributed by atoms with E-state index in [0.717, 1.165) is 27.5 Å². The first-order valence-electron chi connectivity index (χ1n) is 14.9. The van der Waals surface area contributed by atoms with Gasteiger partial charge >= 0.3 is 0 Å². The maximum Gasteiger partial charge on any atom is 0.275 e. The summed E-state index contributed by atoms with van der Waals surface area (Å²) in [7, 11) is 0. The molecule has 1 atom stereocenters. The number of aromatic nitrogens is 1. The van der Waals surface area contributed by atoms with Gasteiger partial charge in [0.1, 0.15) is 11.6 Å². The molecule has 1 fully saturated rings. The van der Waals surface area contributed by atoms with Crippen LogP contribution in [0.1, 0.15) is 37.8 Å². The summed E-state index contributed by atoms with van der Waals surface area (Å²) in [6, 6.07) is 25.4. The number of nitrogens with zero attached hydrogens (tertiary/aromatic N) is 4. The zero-order chi connectivity index (χ0) is 32.0. The number of carbonyl (C=O) groups excluding carboxylic acids is 1. The zero-order valence-electron chi connectivity index (χ0n) is 25.3. The highest BCUT2D eigenvalue weighted by molar-refractivity contribution is 6.37. The average Bonchev–Trinajstić information content (AvgIpc) is 3.04. The molecule has 0 radical (unpaired) electrons. The van der Waals surface area contributed by atoms with Crippen molar-refractivity contribution in [3.05, 3.63) is 117 Å². The number of carbonyl (C=O) groups is 1. The first kappa shape index (κ1) is 30.5. The largest absolute Gasteiger partial charge is 0.363 e. The van der Waals surface area contributed by atoms with Crippen molar-refractivity contribution < 1.29 is 4.79 Å². The van der Waals surface area contributed by atoms with E-state index in [9.17, 15) is 14.9 Å². The Balaban J connectivity index is 1.71. The second-order valence-electron chi connectivity index (χ2n) is 11.7. The van der Waals surface area contributed by atoms with Crippen LogP contribution in [0.2, 0.25) is 10.0 Å². The Hall–Kier alpha value is -4.57. The lowest BCUT2D eigenvalue weighted by atomic mass is 9.95. The molecule has 226 valence electrons. The van der Waals surface area contributed by atoms with Crippen LogP contribution in [0.25, 0.3) is 38.5 Å². The van der Waals surface area contributed by atoms with Gasteiger partial charge in [0.15, 0.2) is 0 Å². The van der Waals surface area contributed by atoms with E-state index in [1.807, 2.05) is 79.7 Å². The monoisotopic (exact) mass is 634 g/mol. The number of fused-ring (bicyclic) bond motifs is 2. The van der Waals surface area contributed by atoms with Gasteiger partial charge in [-0.2, -0.15) is 5.26 Å². The molecular formula is C37H32Cl2N4O2. The van der Waals surface area contributed by atoms with Gasteiger partial charge < -0.3 is 9.80 Å². The summed E-state index contributed by atoms with van der Waals surface area (Å²) in [4.78, 5) is 30.8. The van der Waals surface area contributed by atoms with Crippen LogP contribution in [0.4, 0.5) is 5.69 Å². The molecule has 1 aliphatic rings. The molecule has 0 spiro atoms. The third kappa shape index (κ3) is 5.16. The van der Waals surface area contributed by atoms with E-state index in [1.54, 1.807) is 9.47 Å². The molecular weight excluding hydrogens is 603 g/mol. The SMILES string of the molecule is C=CC(=O)N1CCN(c2c(C#N)c(=O)n(-c3ccccc3C(C)C)c3cc(-c4ccc(Cl)c5ccccc45)c(Cl)cc23)[C@@H](C)C1. The van der Waals surface area contributed by atoms with E-state index in [1.165, 1.54) is 6.08 Å². The molecule has 6 rings (SSSR count). The summed E-state index contributed by atoms with van der Waals surface area (Å²) in [5, 5.41) is 14.2. The van der Waals surface area contributed by atoms with Crippen molar-refractivity contribution in [3.63, 3.8) is 0 Å². The molecule has 1 aromatic heterocycles. The standard InChI is InChI=1S/C37H32Cl2N4O2/c1-5-35(44)41-16-17-42(23(4)21-41)36-29-18-32(39)28(26-14-15-31(38)27-12-7-6-11-25(26)27)19-34(29)43(37(45)30(36)20-40)33-13-9-8-10-24(33)22(2)3/h5-15,18-19,22-23H,1,16-17,21H2,2-4H3/t23-/m0/s1. The van der Waals surface area contributed by atoms with Gasteiger partial charge in [-0.25, -0.2) is 0 Å². The third-order valence-electron chi connectivity index (χ3n) is 8.71. The summed E-state index contributed by atoms with van der Waals surface area (Å²) in [6.07, 6.45) is 1.31. The number of para-hydroxylation sites is 1. The highest BCUT2D eigenvalue weighted by atomic mass is 35.5. The van der Waals surface area contributed by atoms with E-state index < -0.39 is 5.56 Å². The van der Waals surface area contributed by atoms with Crippen molar-refractivity contribution in [2.24, 2.45) is 0 Å². The van der Waals surface area contributed by atoms with Crippen LogP contribution in [0.15, 0.2) is 90.2 Å². The second-order valence-corrected chi connectivity index (χ2v) is 12.5. The Morgan fingerprint density at radius 1 is 0.956 bits per heavy atom. The van der Waals surface area contributed by atoms with Crippen LogP contribution in [0, 0.1) is 11.3 Å². The number of piperazine rings is 1. The minimum Gasteiger partial charge on any atom is -0.363 e. The molecule has 4 aromatic carbocycles. The van der Waals surface area contributed by atoms with Crippen LogP contribution in [0.5, 0.6) is 0 Å². The van der Waals surface area contributed by atoms with E-state index in [4.69, 9.17) is 23.2 Å². The van der Waals surface area contributed by atoms with Gasteiger partial charge in [0.2, 0.25) is 5.91 Å². The Morgan fingerprint density at radius 2 is 1.67 bits per heavy atom. The summed E-state index contributed by atoms with van der Waals surface area (Å²) in [5.41, 5.74) is 4.13. The molecule has 5 aromatic rings. The van der Waals surface area contributed by atoms with Crippen molar-refractivity contribution >= 4 is 56.5 Å². The fourth-order valence-corrected chi connectivity index (χ4v) is 7.03. The van der Waals surface area contributed by atoms with Crippen LogP contribution in [-0.4, -0.2) is 41.1 Å². The Labute approximate surface area is 272 Å².